The van der Waals surface area contributed by atoms with Crippen molar-refractivity contribution >= 4 is 46.9 Å². The number of methoxy groups -OCH3 is 1. The van der Waals surface area contributed by atoms with E-state index < -0.39 is 11.8 Å². The van der Waals surface area contributed by atoms with Gasteiger partial charge in [0.25, 0.3) is 11.8 Å². The van der Waals surface area contributed by atoms with Crippen molar-refractivity contribution in [2.45, 2.75) is 43.3 Å². The number of benzene rings is 4. The number of carbonyl (C=O) groups excluding carboxylic acids is 3. The highest BCUT2D eigenvalue weighted by Gasteiger charge is 2.20. The predicted molar refractivity (Wildman–Crippen MR) is 185 cm³/mol. The van der Waals surface area contributed by atoms with Crippen molar-refractivity contribution in [3.63, 3.8) is 0 Å². The van der Waals surface area contributed by atoms with Crippen molar-refractivity contribution in [3.05, 3.63) is 120 Å². The highest BCUT2D eigenvalue weighted by molar-refractivity contribution is 8.00. The number of para-hydroxylation sites is 1. The Morgan fingerprint density at radius 3 is 2.28 bits per heavy atom. The maximum absolute atomic E-state index is 13.6. The number of amides is 3. The molecule has 0 radical (unpaired) electrons. The van der Waals surface area contributed by atoms with E-state index in [-0.39, 0.29) is 16.9 Å². The molecule has 8 nitrogen and oxygen atoms in total. The molecular weight excluding hydrogens is 598 g/mol. The third kappa shape index (κ3) is 10.0. The topological polar surface area (TPSA) is 106 Å². The van der Waals surface area contributed by atoms with Gasteiger partial charge in [0, 0.05) is 27.4 Å². The number of unbranched alkanes of at least 4 members (excludes halogenated alkanes) is 1. The number of rotatable bonds is 15. The lowest BCUT2D eigenvalue weighted by molar-refractivity contribution is -0.116. The van der Waals surface area contributed by atoms with E-state index in [9.17, 15) is 14.4 Å². The molecule has 0 heterocycles. The molecule has 46 heavy (non-hydrogen) atoms. The van der Waals surface area contributed by atoms with Gasteiger partial charge in [-0.1, -0.05) is 62.7 Å². The van der Waals surface area contributed by atoms with Gasteiger partial charge in [-0.05, 0) is 79.6 Å². The van der Waals surface area contributed by atoms with Gasteiger partial charge >= 0.3 is 0 Å². The van der Waals surface area contributed by atoms with E-state index in [1.807, 2.05) is 61.5 Å². The summed E-state index contributed by atoms with van der Waals surface area (Å²) in [5.74, 6) is 0.278. The van der Waals surface area contributed by atoms with E-state index in [0.717, 1.165) is 23.5 Å². The van der Waals surface area contributed by atoms with Gasteiger partial charge in [-0.3, -0.25) is 14.4 Å². The zero-order valence-corrected chi connectivity index (χ0v) is 27.1. The lowest BCUT2D eigenvalue weighted by atomic mass is 10.1. The summed E-state index contributed by atoms with van der Waals surface area (Å²) in [6.45, 7) is 4.74. The minimum atomic E-state index is -0.510. The van der Waals surface area contributed by atoms with E-state index in [0.29, 0.717) is 41.3 Å². The molecule has 4 aromatic carbocycles. The second-order valence-electron chi connectivity index (χ2n) is 10.3. The van der Waals surface area contributed by atoms with Crippen LogP contribution in [0.1, 0.15) is 49.0 Å². The molecule has 0 spiro atoms. The van der Waals surface area contributed by atoms with Gasteiger partial charge in [-0.15, -0.1) is 11.8 Å². The summed E-state index contributed by atoms with van der Waals surface area (Å²) in [5.41, 5.74) is 2.30. The molecule has 0 fully saturated rings. The third-order valence-electron chi connectivity index (χ3n) is 6.89. The standard InChI is InChI=1S/C37H39N3O5S/c1-4-6-23-45-30-21-19-28(20-22-30)38-37(43)34(5-2)46-31-17-12-16-29(25-31)39-36(42)32(24-27-15-10-11-18-33(27)44-3)40-35(41)26-13-8-7-9-14-26/h7-22,24-25,34H,4-6,23H2,1-3H3,(H,38,43)(H,39,42)(H,40,41)/b32-24+. The molecule has 0 aliphatic heterocycles. The largest absolute Gasteiger partial charge is 0.496 e. The van der Waals surface area contributed by atoms with E-state index >= 15 is 0 Å². The highest BCUT2D eigenvalue weighted by Crippen LogP contribution is 2.29. The first-order chi connectivity index (χ1) is 22.4. The molecule has 0 saturated carbocycles. The molecule has 3 amide bonds. The highest BCUT2D eigenvalue weighted by atomic mass is 32.2. The first-order valence-corrected chi connectivity index (χ1v) is 16.1. The lowest BCUT2D eigenvalue weighted by Gasteiger charge is -2.16. The fraction of sp³-hybridized carbons (Fsp3) is 0.216. The summed E-state index contributed by atoms with van der Waals surface area (Å²) in [5, 5.41) is 8.27. The number of hydrogen-bond donors (Lipinski definition) is 3. The first-order valence-electron chi connectivity index (χ1n) is 15.2. The predicted octanol–water partition coefficient (Wildman–Crippen LogP) is 7.79. The SMILES string of the molecule is CCCCOc1ccc(NC(=O)C(CC)Sc2cccc(NC(=O)/C(=C\c3ccccc3OC)NC(=O)c3ccccc3)c2)cc1. The summed E-state index contributed by atoms with van der Waals surface area (Å²) in [6.07, 6.45) is 4.23. The Hall–Kier alpha value is -5.02. The van der Waals surface area contributed by atoms with Crippen molar-refractivity contribution in [1.29, 1.82) is 0 Å². The number of thioether (sulfide) groups is 1. The molecular formula is C37H39N3O5S. The fourth-order valence-electron chi connectivity index (χ4n) is 4.41. The maximum Gasteiger partial charge on any atom is 0.272 e. The Morgan fingerprint density at radius 1 is 0.826 bits per heavy atom. The quantitative estimate of drug-likeness (QED) is 0.0698. The smallest absolute Gasteiger partial charge is 0.272 e. The molecule has 3 N–H and O–H groups in total. The third-order valence-corrected chi connectivity index (χ3v) is 8.25. The minimum Gasteiger partial charge on any atom is -0.496 e. The van der Waals surface area contributed by atoms with Crippen LogP contribution in [0.25, 0.3) is 6.08 Å². The van der Waals surface area contributed by atoms with Gasteiger partial charge in [0.05, 0.1) is 19.0 Å². The van der Waals surface area contributed by atoms with Crippen molar-refractivity contribution in [2.75, 3.05) is 24.4 Å². The Labute approximate surface area is 274 Å². The van der Waals surface area contributed by atoms with Gasteiger partial charge in [0.15, 0.2) is 0 Å². The fourth-order valence-corrected chi connectivity index (χ4v) is 5.42. The molecule has 4 aromatic rings. The van der Waals surface area contributed by atoms with Crippen LogP contribution in [0.3, 0.4) is 0 Å². The van der Waals surface area contributed by atoms with E-state index in [1.165, 1.54) is 11.8 Å². The molecule has 0 aliphatic rings. The molecule has 238 valence electrons. The summed E-state index contributed by atoms with van der Waals surface area (Å²) >= 11 is 1.41. The van der Waals surface area contributed by atoms with Crippen LogP contribution in [0.5, 0.6) is 11.5 Å². The maximum atomic E-state index is 13.6. The molecule has 1 unspecified atom stereocenters. The van der Waals surface area contributed by atoms with Crippen LogP contribution < -0.4 is 25.4 Å². The van der Waals surface area contributed by atoms with E-state index in [2.05, 4.69) is 22.9 Å². The first kappa shape index (κ1) is 33.9. The Balaban J connectivity index is 1.46. The summed E-state index contributed by atoms with van der Waals surface area (Å²) < 4.78 is 11.2. The van der Waals surface area contributed by atoms with Crippen LogP contribution in [0, 0.1) is 0 Å². The second-order valence-corrected chi connectivity index (χ2v) is 11.6. The van der Waals surface area contributed by atoms with Crippen LogP contribution in [0.2, 0.25) is 0 Å². The number of anilines is 2. The molecule has 0 saturated heterocycles. The Bertz CT molecular complexity index is 1640. The number of nitrogens with one attached hydrogen (secondary N) is 3. The average molecular weight is 638 g/mol. The minimum absolute atomic E-state index is 0.0454. The zero-order valence-electron chi connectivity index (χ0n) is 26.2. The average Bonchev–Trinajstić information content (AvgIpc) is 3.08. The molecule has 1 atom stereocenters. The van der Waals surface area contributed by atoms with Crippen LogP contribution in [-0.4, -0.2) is 36.7 Å². The van der Waals surface area contributed by atoms with Crippen LogP contribution in [0.4, 0.5) is 11.4 Å². The zero-order chi connectivity index (χ0) is 32.7. The van der Waals surface area contributed by atoms with Gasteiger partial charge in [0.2, 0.25) is 5.91 Å². The molecule has 0 bridgehead atoms. The summed E-state index contributed by atoms with van der Waals surface area (Å²) in [6, 6.07) is 30.5. The molecule has 0 aliphatic carbocycles. The monoisotopic (exact) mass is 637 g/mol. The lowest BCUT2D eigenvalue weighted by Crippen LogP contribution is -2.30. The van der Waals surface area contributed by atoms with Crippen molar-refractivity contribution in [2.24, 2.45) is 0 Å². The van der Waals surface area contributed by atoms with Crippen LogP contribution in [-0.2, 0) is 9.59 Å². The second kappa shape index (κ2) is 17.5. The van der Waals surface area contributed by atoms with Crippen molar-refractivity contribution in [3.8, 4) is 11.5 Å². The van der Waals surface area contributed by atoms with Gasteiger partial charge < -0.3 is 25.4 Å². The van der Waals surface area contributed by atoms with Crippen molar-refractivity contribution < 1.29 is 23.9 Å². The van der Waals surface area contributed by atoms with Crippen LogP contribution >= 0.6 is 11.8 Å². The summed E-state index contributed by atoms with van der Waals surface area (Å²) in [7, 11) is 1.54. The number of ether oxygens (including phenoxy) is 2. The van der Waals surface area contributed by atoms with Crippen molar-refractivity contribution in [1.82, 2.24) is 5.32 Å². The Kier molecular flexibility index (Phi) is 12.9. The Morgan fingerprint density at radius 2 is 1.57 bits per heavy atom. The normalized spacial score (nSPS) is 11.7. The van der Waals surface area contributed by atoms with Gasteiger partial charge in [0.1, 0.15) is 17.2 Å². The van der Waals surface area contributed by atoms with Crippen LogP contribution in [0.15, 0.2) is 114 Å². The number of carbonyl (C=O) groups is 3. The van der Waals surface area contributed by atoms with Gasteiger partial charge in [-0.2, -0.15) is 0 Å². The number of hydrogen-bond acceptors (Lipinski definition) is 6. The molecule has 0 aromatic heterocycles. The molecule has 4 rings (SSSR count). The van der Waals surface area contributed by atoms with E-state index in [1.54, 1.807) is 61.7 Å². The van der Waals surface area contributed by atoms with E-state index in [4.69, 9.17) is 9.47 Å². The molecule has 9 heteroatoms. The van der Waals surface area contributed by atoms with Gasteiger partial charge in [-0.25, -0.2) is 0 Å². The summed E-state index contributed by atoms with van der Waals surface area (Å²) in [4.78, 5) is 40.5.